The van der Waals surface area contributed by atoms with E-state index in [2.05, 4.69) is 217 Å². The lowest BCUT2D eigenvalue weighted by Crippen LogP contribution is -1.99. The van der Waals surface area contributed by atoms with Crippen LogP contribution >= 0.6 is 0 Å². The van der Waals surface area contributed by atoms with Gasteiger partial charge in [-0.25, -0.2) is 0 Å². The highest BCUT2D eigenvalue weighted by Crippen LogP contribution is 2.35. The van der Waals surface area contributed by atoms with Crippen LogP contribution in [-0.4, -0.2) is 0 Å². The number of hydrogen-bond acceptors (Lipinski definition) is 1. The highest BCUT2D eigenvalue weighted by molar-refractivity contribution is 5.94. The van der Waals surface area contributed by atoms with Crippen LogP contribution in [0, 0.1) is 13.8 Å². The summed E-state index contributed by atoms with van der Waals surface area (Å²) in [4.78, 5) is 0. The van der Waals surface area contributed by atoms with Gasteiger partial charge in [0.2, 0.25) is 0 Å². The van der Waals surface area contributed by atoms with Gasteiger partial charge in [0.15, 0.2) is 0 Å². The molecule has 0 aliphatic heterocycles. The third-order valence-corrected chi connectivity index (χ3v) is 11.8. The zero-order chi connectivity index (χ0) is 42.6. The predicted octanol–water partition coefficient (Wildman–Crippen LogP) is 16.7. The number of benzene rings is 7. The average molecular weight is 798 g/mol. The van der Waals surface area contributed by atoms with Crippen molar-refractivity contribution in [3.05, 3.63) is 224 Å². The molecule has 0 saturated carbocycles. The molecule has 61 heavy (non-hydrogen) atoms. The number of anilines is 2. The Balaban J connectivity index is 1.20. The van der Waals surface area contributed by atoms with Crippen LogP contribution in [0.1, 0.15) is 120 Å². The number of aryl methyl sites for hydroxylation is 6. The maximum atomic E-state index is 3.72. The van der Waals surface area contributed by atoms with E-state index in [-0.39, 0.29) is 0 Å². The van der Waals surface area contributed by atoms with Gasteiger partial charge in [0, 0.05) is 11.4 Å². The molecular formula is C60H63N. The van der Waals surface area contributed by atoms with Crippen LogP contribution < -0.4 is 5.32 Å². The molecule has 0 radical (unpaired) electrons. The molecule has 0 bridgehead atoms. The number of hydrogen-bond donors (Lipinski definition) is 1. The van der Waals surface area contributed by atoms with Crippen molar-refractivity contribution in [1.29, 1.82) is 0 Å². The molecule has 7 aromatic carbocycles. The molecule has 308 valence electrons. The second kappa shape index (κ2) is 20.9. The van der Waals surface area contributed by atoms with E-state index in [0.717, 1.165) is 57.1 Å². The Morgan fingerprint density at radius 1 is 0.426 bits per heavy atom. The molecule has 0 unspecified atom stereocenters. The molecule has 0 saturated heterocycles. The Hall–Kier alpha value is -6.18. The third kappa shape index (κ3) is 10.8. The van der Waals surface area contributed by atoms with Crippen LogP contribution in [0.15, 0.2) is 158 Å². The van der Waals surface area contributed by atoms with Crippen molar-refractivity contribution in [1.82, 2.24) is 0 Å². The Labute approximate surface area is 367 Å². The summed E-state index contributed by atoms with van der Waals surface area (Å²) in [6.45, 7) is 13.5. The lowest BCUT2D eigenvalue weighted by atomic mass is 9.88. The van der Waals surface area contributed by atoms with Crippen LogP contribution in [0.5, 0.6) is 0 Å². The Kier molecular flexibility index (Phi) is 14.7. The molecule has 7 rings (SSSR count). The fraction of sp³-hybridized carbons (Fsp3) is 0.233. The third-order valence-electron chi connectivity index (χ3n) is 11.8. The zero-order valence-electron chi connectivity index (χ0n) is 37.3. The standard InChI is InChI=1S/C60H63N/c1-7-17-45-29-35-56(53(39-45)19-9-3)58(50-21-13-11-14-22-50)40-46-25-30-49(31-26-46)52-32-36-57(54(42-52)20-10-4)59(51-23-15-12-16-24-51)41-47-27-33-55(34-28-47)61-60-43(5)37-48(18-8-2)38-44(60)6/h11-16,21-42,61H,7-10,17-20H2,1-6H3. The molecule has 0 aliphatic rings. The first-order chi connectivity index (χ1) is 29.9. The summed E-state index contributed by atoms with van der Waals surface area (Å²) in [7, 11) is 0. The lowest BCUT2D eigenvalue weighted by Gasteiger charge is -2.17. The fourth-order valence-corrected chi connectivity index (χ4v) is 8.81. The van der Waals surface area contributed by atoms with Crippen LogP contribution in [0.3, 0.4) is 0 Å². The van der Waals surface area contributed by atoms with E-state index in [4.69, 9.17) is 0 Å². The van der Waals surface area contributed by atoms with Gasteiger partial charge in [-0.2, -0.15) is 0 Å². The summed E-state index contributed by atoms with van der Waals surface area (Å²) in [6.07, 6.45) is 13.6. The summed E-state index contributed by atoms with van der Waals surface area (Å²) in [6, 6.07) is 58.7. The van der Waals surface area contributed by atoms with Crippen molar-refractivity contribution in [2.45, 2.75) is 92.9 Å². The zero-order valence-corrected chi connectivity index (χ0v) is 37.3. The fourth-order valence-electron chi connectivity index (χ4n) is 8.81. The molecule has 0 atom stereocenters. The first-order valence-electron chi connectivity index (χ1n) is 22.7. The van der Waals surface area contributed by atoms with E-state index < -0.39 is 0 Å². The van der Waals surface area contributed by atoms with Crippen LogP contribution in [-0.2, 0) is 25.7 Å². The molecule has 0 aliphatic carbocycles. The van der Waals surface area contributed by atoms with Crippen LogP contribution in [0.2, 0.25) is 0 Å². The van der Waals surface area contributed by atoms with E-state index in [0.29, 0.717) is 0 Å². The number of rotatable bonds is 17. The first-order valence-corrected chi connectivity index (χ1v) is 22.7. The van der Waals surface area contributed by atoms with Crippen LogP contribution in [0.4, 0.5) is 11.4 Å². The maximum Gasteiger partial charge on any atom is 0.0443 e. The molecule has 0 aromatic heterocycles. The SMILES string of the molecule is CCCc1cc(C)c(Nc2ccc(C=C(c3ccccc3)c3ccc(-c4ccc(C=C(c5ccccc5)c5ccc(CCC)cc5CCC)cc4)cc3CCC)cc2)c(C)c1. The topological polar surface area (TPSA) is 12.0 Å². The Morgan fingerprint density at radius 3 is 1.41 bits per heavy atom. The summed E-state index contributed by atoms with van der Waals surface area (Å²) in [5, 5.41) is 3.72. The van der Waals surface area contributed by atoms with Gasteiger partial charge in [-0.15, -0.1) is 0 Å². The molecule has 0 spiro atoms. The molecule has 1 N–H and O–H groups in total. The van der Waals surface area contributed by atoms with E-state index in [9.17, 15) is 0 Å². The van der Waals surface area contributed by atoms with Gasteiger partial charge in [0.05, 0.1) is 0 Å². The molecule has 7 aromatic rings. The van der Waals surface area contributed by atoms with Gasteiger partial charge in [0.25, 0.3) is 0 Å². The minimum absolute atomic E-state index is 1.00. The van der Waals surface area contributed by atoms with Crippen LogP contribution in [0.25, 0.3) is 34.4 Å². The van der Waals surface area contributed by atoms with Gasteiger partial charge in [-0.3, -0.25) is 0 Å². The van der Waals surface area contributed by atoms with Crippen molar-refractivity contribution in [3.8, 4) is 11.1 Å². The summed E-state index contributed by atoms with van der Waals surface area (Å²) in [5.74, 6) is 0. The predicted molar refractivity (Wildman–Crippen MR) is 267 cm³/mol. The maximum absolute atomic E-state index is 3.72. The Bertz CT molecular complexity index is 2550. The van der Waals surface area contributed by atoms with Crippen molar-refractivity contribution in [2.75, 3.05) is 5.32 Å². The van der Waals surface area contributed by atoms with Gasteiger partial charge in [-0.1, -0.05) is 199 Å². The minimum atomic E-state index is 1.00. The summed E-state index contributed by atoms with van der Waals surface area (Å²) >= 11 is 0. The average Bonchev–Trinajstić information content (AvgIpc) is 3.28. The minimum Gasteiger partial charge on any atom is -0.355 e. The molecule has 1 nitrogen and oxygen atoms in total. The monoisotopic (exact) mass is 797 g/mol. The van der Waals surface area contributed by atoms with Crippen molar-refractivity contribution >= 4 is 34.7 Å². The molecule has 0 heterocycles. The molecular weight excluding hydrogens is 735 g/mol. The van der Waals surface area contributed by atoms with Gasteiger partial charge in [-0.05, 0) is 153 Å². The van der Waals surface area contributed by atoms with E-state index >= 15 is 0 Å². The quantitative estimate of drug-likeness (QED) is 0.0905. The van der Waals surface area contributed by atoms with Crippen molar-refractivity contribution < 1.29 is 0 Å². The van der Waals surface area contributed by atoms with Gasteiger partial charge >= 0.3 is 0 Å². The molecule has 0 amide bonds. The van der Waals surface area contributed by atoms with E-state index in [1.54, 1.807) is 0 Å². The number of nitrogens with one attached hydrogen (secondary N) is 1. The summed E-state index contributed by atoms with van der Waals surface area (Å²) in [5.41, 5.74) is 23.0. The molecule has 0 fully saturated rings. The van der Waals surface area contributed by atoms with Gasteiger partial charge in [0.1, 0.15) is 0 Å². The Morgan fingerprint density at radius 2 is 0.885 bits per heavy atom. The smallest absolute Gasteiger partial charge is 0.0443 e. The van der Waals surface area contributed by atoms with Crippen molar-refractivity contribution in [2.24, 2.45) is 0 Å². The van der Waals surface area contributed by atoms with Gasteiger partial charge < -0.3 is 5.32 Å². The summed E-state index contributed by atoms with van der Waals surface area (Å²) < 4.78 is 0. The largest absolute Gasteiger partial charge is 0.355 e. The van der Waals surface area contributed by atoms with E-state index in [1.807, 2.05) is 0 Å². The highest BCUT2D eigenvalue weighted by atomic mass is 14.9. The second-order valence-corrected chi connectivity index (χ2v) is 16.7. The first kappa shape index (κ1) is 42.9. The second-order valence-electron chi connectivity index (χ2n) is 16.7. The highest BCUT2D eigenvalue weighted by Gasteiger charge is 2.15. The van der Waals surface area contributed by atoms with Crippen molar-refractivity contribution in [3.63, 3.8) is 0 Å². The lowest BCUT2D eigenvalue weighted by molar-refractivity contribution is 0.893. The van der Waals surface area contributed by atoms with E-state index in [1.165, 1.54) is 94.7 Å². The molecule has 1 heteroatoms. The normalized spacial score (nSPS) is 11.8.